The average molecular weight is 347 g/mol. The van der Waals surface area contributed by atoms with Gasteiger partial charge >= 0.3 is 5.97 Å². The fourth-order valence-corrected chi connectivity index (χ4v) is 8.68. The standard InChI is InChI=1S/C22H34O3/c1-12-19-18(25-20(12)24)11-17-15-5-4-13-10-14(23)6-8-21(13,2)16(15)7-9-22(17,19)3/h12-19,23H,4-11H2,1-3H3/t12-,13-,14-,15+,16-,17-,18-,19-,21-,22-/m0/s1. The Hall–Kier alpha value is -0.570. The van der Waals surface area contributed by atoms with Crippen LogP contribution in [0.5, 0.6) is 0 Å². The summed E-state index contributed by atoms with van der Waals surface area (Å²) in [6.07, 6.45) is 9.70. The van der Waals surface area contributed by atoms with Crippen LogP contribution in [0.2, 0.25) is 0 Å². The molecule has 4 aliphatic carbocycles. The van der Waals surface area contributed by atoms with Crippen molar-refractivity contribution in [3.05, 3.63) is 0 Å². The molecule has 5 aliphatic rings. The number of fused-ring (bicyclic) bond motifs is 7. The van der Waals surface area contributed by atoms with Crippen molar-refractivity contribution in [1.29, 1.82) is 0 Å². The molecule has 5 rings (SSSR count). The van der Waals surface area contributed by atoms with E-state index in [2.05, 4.69) is 20.8 Å². The van der Waals surface area contributed by atoms with Crippen LogP contribution in [0.25, 0.3) is 0 Å². The molecule has 1 N–H and O–H groups in total. The number of aliphatic hydroxyl groups excluding tert-OH is 1. The molecule has 0 aromatic heterocycles. The Labute approximate surface area is 151 Å². The van der Waals surface area contributed by atoms with Crippen LogP contribution in [-0.4, -0.2) is 23.3 Å². The number of esters is 1. The van der Waals surface area contributed by atoms with E-state index in [0.29, 0.717) is 16.7 Å². The molecule has 25 heavy (non-hydrogen) atoms. The summed E-state index contributed by atoms with van der Waals surface area (Å²) in [5, 5.41) is 10.2. The van der Waals surface area contributed by atoms with Gasteiger partial charge in [0, 0.05) is 5.92 Å². The van der Waals surface area contributed by atoms with Gasteiger partial charge in [0.1, 0.15) is 6.10 Å². The first-order chi connectivity index (χ1) is 11.8. The lowest BCUT2D eigenvalue weighted by atomic mass is 9.44. The molecule has 0 amide bonds. The van der Waals surface area contributed by atoms with Gasteiger partial charge in [0.15, 0.2) is 0 Å². The normalized spacial score (nSPS) is 60.2. The summed E-state index contributed by atoms with van der Waals surface area (Å²) in [4.78, 5) is 12.1. The van der Waals surface area contributed by atoms with Gasteiger partial charge in [0.05, 0.1) is 12.0 Å². The van der Waals surface area contributed by atoms with Crippen molar-refractivity contribution in [3.63, 3.8) is 0 Å². The molecule has 10 atom stereocenters. The Kier molecular flexibility index (Phi) is 3.48. The molecule has 140 valence electrons. The molecule has 3 nitrogen and oxygen atoms in total. The van der Waals surface area contributed by atoms with Crippen molar-refractivity contribution in [2.24, 2.45) is 46.3 Å². The first-order valence-corrected chi connectivity index (χ1v) is 10.7. The minimum Gasteiger partial charge on any atom is -0.462 e. The number of carbonyl (C=O) groups is 1. The molecule has 1 heterocycles. The highest BCUT2D eigenvalue weighted by molar-refractivity contribution is 5.75. The Morgan fingerprint density at radius 2 is 1.76 bits per heavy atom. The number of rotatable bonds is 0. The van der Waals surface area contributed by atoms with Gasteiger partial charge in [-0.25, -0.2) is 0 Å². The molecule has 3 heteroatoms. The Morgan fingerprint density at radius 1 is 1.00 bits per heavy atom. The minimum atomic E-state index is -0.0606. The zero-order valence-corrected chi connectivity index (χ0v) is 16.0. The summed E-state index contributed by atoms with van der Waals surface area (Å²) in [6, 6.07) is 0. The number of ether oxygens (including phenoxy) is 1. The van der Waals surface area contributed by atoms with E-state index in [-0.39, 0.29) is 24.1 Å². The van der Waals surface area contributed by atoms with Crippen LogP contribution >= 0.6 is 0 Å². The number of carbonyl (C=O) groups excluding carboxylic acids is 1. The van der Waals surface area contributed by atoms with Gasteiger partial charge in [-0.05, 0) is 85.9 Å². The molecule has 5 fully saturated rings. The number of aliphatic hydroxyl groups is 1. The van der Waals surface area contributed by atoms with Crippen LogP contribution in [0, 0.1) is 46.3 Å². The largest absolute Gasteiger partial charge is 0.462 e. The second-order valence-corrected chi connectivity index (χ2v) is 10.7. The second kappa shape index (κ2) is 5.24. The van der Waals surface area contributed by atoms with Gasteiger partial charge in [0.25, 0.3) is 0 Å². The zero-order chi connectivity index (χ0) is 17.6. The van der Waals surface area contributed by atoms with E-state index in [1.165, 1.54) is 32.1 Å². The highest BCUT2D eigenvalue weighted by Gasteiger charge is 2.66. The lowest BCUT2D eigenvalue weighted by Gasteiger charge is -2.61. The minimum absolute atomic E-state index is 0.0498. The molecule has 1 aliphatic heterocycles. The Bertz CT molecular complexity index is 588. The maximum Gasteiger partial charge on any atom is 0.309 e. The van der Waals surface area contributed by atoms with Crippen molar-refractivity contribution < 1.29 is 14.6 Å². The van der Waals surface area contributed by atoms with Crippen molar-refractivity contribution in [3.8, 4) is 0 Å². The summed E-state index contributed by atoms with van der Waals surface area (Å²) in [5.41, 5.74) is 0.734. The van der Waals surface area contributed by atoms with Crippen molar-refractivity contribution in [1.82, 2.24) is 0 Å². The molecule has 0 aromatic rings. The molecule has 0 aromatic carbocycles. The predicted octanol–water partition coefficient (Wildman–Crippen LogP) is 4.18. The van der Waals surface area contributed by atoms with E-state index < -0.39 is 0 Å². The smallest absolute Gasteiger partial charge is 0.309 e. The summed E-state index contributed by atoms with van der Waals surface area (Å²) in [7, 11) is 0. The fraction of sp³-hybridized carbons (Fsp3) is 0.955. The SMILES string of the molecule is C[C@@H]1C(=O)O[C@H]2C[C@H]3[C@@H]4CC[C@H]5C[C@@H](O)CC[C@]5(C)[C@H]4CC[C@]3(C)[C@H]21. The highest BCUT2D eigenvalue weighted by atomic mass is 16.6. The molecule has 0 bridgehead atoms. The summed E-state index contributed by atoms with van der Waals surface area (Å²) >= 11 is 0. The third kappa shape index (κ3) is 2.05. The van der Waals surface area contributed by atoms with E-state index >= 15 is 0 Å². The van der Waals surface area contributed by atoms with Gasteiger partial charge in [-0.1, -0.05) is 20.8 Å². The fourth-order valence-electron chi connectivity index (χ4n) is 8.68. The van der Waals surface area contributed by atoms with Crippen LogP contribution in [-0.2, 0) is 9.53 Å². The van der Waals surface area contributed by atoms with E-state index in [1.54, 1.807) is 0 Å². The summed E-state index contributed by atoms with van der Waals surface area (Å²) < 4.78 is 5.81. The quantitative estimate of drug-likeness (QED) is 0.669. The van der Waals surface area contributed by atoms with Gasteiger partial charge < -0.3 is 9.84 Å². The molecular formula is C22H34O3. The molecule has 1 saturated heterocycles. The van der Waals surface area contributed by atoms with Crippen LogP contribution in [0.4, 0.5) is 0 Å². The molecule has 0 radical (unpaired) electrons. The van der Waals surface area contributed by atoms with Gasteiger partial charge in [-0.2, -0.15) is 0 Å². The number of hydrogen-bond donors (Lipinski definition) is 1. The van der Waals surface area contributed by atoms with Crippen LogP contribution in [0.3, 0.4) is 0 Å². The van der Waals surface area contributed by atoms with Gasteiger partial charge in [-0.3, -0.25) is 4.79 Å². The summed E-state index contributed by atoms with van der Waals surface area (Å²) in [6.45, 7) is 7.13. The van der Waals surface area contributed by atoms with Gasteiger partial charge in [0.2, 0.25) is 0 Å². The summed E-state index contributed by atoms with van der Waals surface area (Å²) in [5.74, 6) is 3.68. The average Bonchev–Trinajstić information content (AvgIpc) is 3.02. The number of hydrogen-bond acceptors (Lipinski definition) is 3. The topological polar surface area (TPSA) is 46.5 Å². The molecule has 0 spiro atoms. The third-order valence-corrected chi connectivity index (χ3v) is 9.90. The van der Waals surface area contributed by atoms with Crippen LogP contribution in [0.15, 0.2) is 0 Å². The van der Waals surface area contributed by atoms with Crippen molar-refractivity contribution in [2.45, 2.75) is 84.3 Å². The van der Waals surface area contributed by atoms with E-state index in [9.17, 15) is 9.90 Å². The lowest BCUT2D eigenvalue weighted by Crippen LogP contribution is -2.54. The second-order valence-electron chi connectivity index (χ2n) is 10.7. The Morgan fingerprint density at radius 3 is 2.56 bits per heavy atom. The molecule has 4 saturated carbocycles. The zero-order valence-electron chi connectivity index (χ0n) is 16.0. The highest BCUT2D eigenvalue weighted by Crippen LogP contribution is 2.69. The van der Waals surface area contributed by atoms with E-state index in [1.807, 2.05) is 0 Å². The maximum absolute atomic E-state index is 12.1. The monoisotopic (exact) mass is 346 g/mol. The van der Waals surface area contributed by atoms with Crippen LogP contribution in [0.1, 0.15) is 72.1 Å². The first-order valence-electron chi connectivity index (χ1n) is 10.7. The lowest BCUT2D eigenvalue weighted by molar-refractivity contribution is -0.147. The third-order valence-electron chi connectivity index (χ3n) is 9.90. The van der Waals surface area contributed by atoms with E-state index in [4.69, 9.17) is 4.74 Å². The van der Waals surface area contributed by atoms with Crippen LogP contribution < -0.4 is 0 Å². The molecular weight excluding hydrogens is 312 g/mol. The Balaban J connectivity index is 1.45. The van der Waals surface area contributed by atoms with E-state index in [0.717, 1.165) is 42.9 Å². The van der Waals surface area contributed by atoms with Crippen molar-refractivity contribution in [2.75, 3.05) is 0 Å². The first kappa shape index (κ1) is 16.6. The predicted molar refractivity (Wildman–Crippen MR) is 95.7 cm³/mol. The molecule has 0 unspecified atom stereocenters. The van der Waals surface area contributed by atoms with Crippen molar-refractivity contribution >= 4 is 5.97 Å². The maximum atomic E-state index is 12.1. The van der Waals surface area contributed by atoms with Gasteiger partial charge in [-0.15, -0.1) is 0 Å².